The Morgan fingerprint density at radius 2 is 1.67 bits per heavy atom. The van der Waals surface area contributed by atoms with Gasteiger partial charge in [0.25, 0.3) is 5.56 Å². The molecule has 0 aliphatic rings. The molecule has 4 rings (SSSR count). The van der Waals surface area contributed by atoms with Crippen LogP contribution in [0.4, 0.5) is 11.5 Å². The van der Waals surface area contributed by atoms with E-state index < -0.39 is 11.2 Å². The largest absolute Gasteiger partial charge is 0.461 e. The van der Waals surface area contributed by atoms with Crippen molar-refractivity contribution in [3.8, 4) is 11.3 Å². The Labute approximate surface area is 189 Å². The molecule has 2 aromatic heterocycles. The van der Waals surface area contributed by atoms with Gasteiger partial charge in [0.2, 0.25) is 5.91 Å². The molecule has 3 N–H and O–H groups in total. The molecule has 0 saturated carbocycles. The summed E-state index contributed by atoms with van der Waals surface area (Å²) in [7, 11) is 1.47. The van der Waals surface area contributed by atoms with E-state index in [1.165, 1.54) is 16.5 Å². The van der Waals surface area contributed by atoms with Gasteiger partial charge in [0.05, 0.1) is 6.54 Å². The van der Waals surface area contributed by atoms with E-state index in [1.54, 1.807) is 0 Å². The highest BCUT2D eigenvalue weighted by Gasteiger charge is 2.21. The second-order valence-corrected chi connectivity index (χ2v) is 7.65. The molecule has 0 bridgehead atoms. The quantitative estimate of drug-likeness (QED) is 0.455. The van der Waals surface area contributed by atoms with Crippen molar-refractivity contribution in [1.29, 1.82) is 0 Å². The molecule has 0 saturated heterocycles. The van der Waals surface area contributed by atoms with Gasteiger partial charge in [-0.05, 0) is 17.7 Å². The molecule has 8 heteroatoms. The van der Waals surface area contributed by atoms with Gasteiger partial charge in [-0.15, -0.1) is 0 Å². The average Bonchev–Trinajstić information content (AvgIpc) is 3.30. The zero-order valence-corrected chi connectivity index (χ0v) is 18.2. The van der Waals surface area contributed by atoms with Crippen molar-refractivity contribution in [2.75, 3.05) is 17.7 Å². The summed E-state index contributed by atoms with van der Waals surface area (Å²) in [6, 6.07) is 22.6. The van der Waals surface area contributed by atoms with Gasteiger partial charge in [-0.25, -0.2) is 4.79 Å². The normalized spacial score (nSPS) is 10.8. The molecule has 4 aromatic rings. The Morgan fingerprint density at radius 3 is 2.36 bits per heavy atom. The average molecular weight is 444 g/mol. The van der Waals surface area contributed by atoms with Gasteiger partial charge >= 0.3 is 5.69 Å². The summed E-state index contributed by atoms with van der Waals surface area (Å²) in [4.78, 5) is 41.1. The number of nitrogens with one attached hydrogen (secondary N) is 1. The number of carbonyl (C=O) groups is 1. The van der Waals surface area contributed by atoms with Crippen LogP contribution in [0.5, 0.6) is 0 Å². The van der Waals surface area contributed by atoms with E-state index >= 15 is 0 Å². The van der Waals surface area contributed by atoms with Crippen molar-refractivity contribution in [1.82, 2.24) is 9.55 Å². The number of hydrogen-bond donors (Lipinski definition) is 2. The van der Waals surface area contributed by atoms with Crippen LogP contribution in [-0.4, -0.2) is 22.5 Å². The number of benzene rings is 2. The van der Waals surface area contributed by atoms with Gasteiger partial charge in [0.15, 0.2) is 5.69 Å². The van der Waals surface area contributed by atoms with Crippen LogP contribution < -0.4 is 21.9 Å². The molecule has 0 aliphatic carbocycles. The van der Waals surface area contributed by atoms with Crippen molar-refractivity contribution in [2.45, 2.75) is 19.4 Å². The first-order chi connectivity index (χ1) is 15.9. The smallest absolute Gasteiger partial charge is 0.330 e. The van der Waals surface area contributed by atoms with E-state index in [1.807, 2.05) is 72.8 Å². The number of nitrogens with zero attached hydrogens (tertiary/aromatic N) is 2. The standard InChI is InChI=1S/C25H24N4O4/c1-28(21(30)15-13-19-12-14-20(33-19)18-10-6-3-7-11-18)22-23(26)29(25(32)27-24(22)31)16-17-8-4-2-5-9-17/h2-12,14H,13,15-16,26H2,1H3,(H,27,31,32). The van der Waals surface area contributed by atoms with Crippen molar-refractivity contribution >= 4 is 17.4 Å². The summed E-state index contributed by atoms with van der Waals surface area (Å²) >= 11 is 0. The summed E-state index contributed by atoms with van der Waals surface area (Å²) in [6.07, 6.45) is 0.465. The van der Waals surface area contributed by atoms with Gasteiger partial charge in [0.1, 0.15) is 17.3 Å². The molecule has 0 unspecified atom stereocenters. The number of hydrogen-bond acceptors (Lipinski definition) is 5. The fourth-order valence-electron chi connectivity index (χ4n) is 3.62. The highest BCUT2D eigenvalue weighted by molar-refractivity contribution is 5.95. The maximum absolute atomic E-state index is 12.8. The molecule has 0 spiro atoms. The monoisotopic (exact) mass is 444 g/mol. The number of H-pyrrole nitrogens is 1. The minimum atomic E-state index is -0.706. The Bertz CT molecular complexity index is 1370. The summed E-state index contributed by atoms with van der Waals surface area (Å²) in [5.41, 5.74) is 6.57. The summed E-state index contributed by atoms with van der Waals surface area (Å²) in [6.45, 7) is 0.173. The topological polar surface area (TPSA) is 114 Å². The molecule has 2 heterocycles. The third kappa shape index (κ3) is 4.79. The maximum atomic E-state index is 12.8. The lowest BCUT2D eigenvalue weighted by molar-refractivity contribution is -0.118. The zero-order valence-electron chi connectivity index (χ0n) is 18.2. The Hall–Kier alpha value is -4.33. The predicted molar refractivity (Wildman–Crippen MR) is 127 cm³/mol. The highest BCUT2D eigenvalue weighted by atomic mass is 16.3. The predicted octanol–water partition coefficient (Wildman–Crippen LogP) is 3.02. The van der Waals surface area contributed by atoms with Gasteiger partial charge in [-0.1, -0.05) is 60.7 Å². The zero-order chi connectivity index (χ0) is 23.4. The van der Waals surface area contributed by atoms with Crippen LogP contribution in [-0.2, 0) is 17.8 Å². The molecule has 0 aliphatic heterocycles. The summed E-state index contributed by atoms with van der Waals surface area (Å²) in [5.74, 6) is 0.995. The van der Waals surface area contributed by atoms with Crippen molar-refractivity contribution < 1.29 is 9.21 Å². The third-order valence-corrected chi connectivity index (χ3v) is 5.41. The number of carbonyl (C=O) groups excluding carboxylic acids is 1. The molecular formula is C25H24N4O4. The lowest BCUT2D eigenvalue weighted by Crippen LogP contribution is -2.39. The minimum absolute atomic E-state index is 0.0556. The SMILES string of the molecule is CN(C(=O)CCc1ccc(-c2ccccc2)o1)c1c(N)n(Cc2ccccc2)c(=O)[nH]c1=O. The number of amides is 1. The fourth-order valence-corrected chi connectivity index (χ4v) is 3.62. The fraction of sp³-hybridized carbons (Fsp3) is 0.160. The molecule has 8 nitrogen and oxygen atoms in total. The van der Waals surface area contributed by atoms with E-state index in [4.69, 9.17) is 10.2 Å². The highest BCUT2D eigenvalue weighted by Crippen LogP contribution is 2.23. The number of nitrogens with two attached hydrogens (primary N) is 1. The van der Waals surface area contributed by atoms with E-state index in [0.717, 1.165) is 16.9 Å². The van der Waals surface area contributed by atoms with Crippen LogP contribution in [0.15, 0.2) is 86.8 Å². The van der Waals surface area contributed by atoms with Crippen molar-refractivity contribution in [3.05, 3.63) is 105 Å². The van der Waals surface area contributed by atoms with Crippen LogP contribution in [0.1, 0.15) is 17.7 Å². The second-order valence-electron chi connectivity index (χ2n) is 7.65. The number of furan rings is 1. The van der Waals surface area contributed by atoms with Crippen LogP contribution in [0.25, 0.3) is 11.3 Å². The van der Waals surface area contributed by atoms with Gasteiger partial charge in [0, 0.05) is 25.5 Å². The maximum Gasteiger partial charge on any atom is 0.330 e. The van der Waals surface area contributed by atoms with Crippen LogP contribution in [0, 0.1) is 0 Å². The molecule has 0 fully saturated rings. The van der Waals surface area contributed by atoms with E-state index in [0.29, 0.717) is 12.2 Å². The van der Waals surface area contributed by atoms with E-state index in [2.05, 4.69) is 4.98 Å². The number of aromatic nitrogens is 2. The molecule has 33 heavy (non-hydrogen) atoms. The van der Waals surface area contributed by atoms with Crippen LogP contribution in [0.2, 0.25) is 0 Å². The Balaban J connectivity index is 1.50. The molecule has 0 atom stereocenters. The number of aryl methyl sites for hydroxylation is 1. The van der Waals surface area contributed by atoms with Gasteiger partial charge in [-0.2, -0.15) is 0 Å². The third-order valence-electron chi connectivity index (χ3n) is 5.41. The molecule has 2 aromatic carbocycles. The summed E-state index contributed by atoms with van der Waals surface area (Å²) in [5, 5.41) is 0. The Kier molecular flexibility index (Phi) is 6.26. The van der Waals surface area contributed by atoms with E-state index in [9.17, 15) is 14.4 Å². The lowest BCUT2D eigenvalue weighted by Gasteiger charge is -2.20. The van der Waals surface area contributed by atoms with Crippen LogP contribution in [0.3, 0.4) is 0 Å². The van der Waals surface area contributed by atoms with Crippen LogP contribution >= 0.6 is 0 Å². The molecule has 168 valence electrons. The summed E-state index contributed by atoms with van der Waals surface area (Å²) < 4.78 is 7.09. The molecule has 1 amide bonds. The van der Waals surface area contributed by atoms with E-state index in [-0.39, 0.29) is 30.4 Å². The number of aromatic amines is 1. The lowest BCUT2D eigenvalue weighted by atomic mass is 10.2. The first-order valence-electron chi connectivity index (χ1n) is 10.5. The van der Waals surface area contributed by atoms with Gasteiger partial charge in [-0.3, -0.25) is 19.1 Å². The molecule has 0 radical (unpaired) electrons. The second kappa shape index (κ2) is 9.44. The van der Waals surface area contributed by atoms with Crippen molar-refractivity contribution in [3.63, 3.8) is 0 Å². The Morgan fingerprint density at radius 1 is 1.00 bits per heavy atom. The van der Waals surface area contributed by atoms with Gasteiger partial charge < -0.3 is 15.1 Å². The minimum Gasteiger partial charge on any atom is -0.461 e. The number of nitrogen functional groups attached to an aromatic ring is 1. The van der Waals surface area contributed by atoms with Crippen molar-refractivity contribution in [2.24, 2.45) is 0 Å². The first-order valence-corrected chi connectivity index (χ1v) is 10.5. The molecular weight excluding hydrogens is 420 g/mol. The number of anilines is 2. The first kappa shape index (κ1) is 21.9. The number of rotatable bonds is 7.